The number of allylic oxidation sites excluding steroid dienone is 1. The molecule has 0 spiro atoms. The zero-order valence-electron chi connectivity index (χ0n) is 23.2. The predicted molar refractivity (Wildman–Crippen MR) is 156 cm³/mol. The number of carbonyl (C=O) groups excluding carboxylic acids is 2. The molecule has 1 aromatic heterocycles. The Bertz CT molecular complexity index is 1550. The third-order valence-corrected chi connectivity index (χ3v) is 8.78. The molecule has 2 fully saturated rings. The summed E-state index contributed by atoms with van der Waals surface area (Å²) in [4.78, 5) is 31.9. The molecule has 1 aliphatic carbocycles. The summed E-state index contributed by atoms with van der Waals surface area (Å²) in [5.74, 6) is -1.31. The summed E-state index contributed by atoms with van der Waals surface area (Å²) in [5, 5.41) is 22.9. The highest BCUT2D eigenvalue weighted by Crippen LogP contribution is 2.50. The molecule has 6 rings (SSSR count). The SMILES string of the molecule is COCC1=C2[C@@H](CC/C(=C/c3ccc(O)c4ccccc34)c3ccccn3)OB(O)C[C@@H]2[C@@H]2C(=O)N(C)C(=O)[C@@H]2C1. The second kappa shape index (κ2) is 11.2. The Labute approximate surface area is 239 Å². The molecule has 2 saturated heterocycles. The van der Waals surface area contributed by atoms with Crippen molar-refractivity contribution in [3.8, 4) is 5.75 Å². The number of nitrogens with zero attached hydrogens (tertiary/aromatic N) is 2. The van der Waals surface area contributed by atoms with Crippen molar-refractivity contribution in [1.29, 1.82) is 0 Å². The maximum atomic E-state index is 13.2. The lowest BCUT2D eigenvalue weighted by molar-refractivity contribution is -0.138. The van der Waals surface area contributed by atoms with Crippen molar-refractivity contribution in [3.05, 3.63) is 83.2 Å². The van der Waals surface area contributed by atoms with Gasteiger partial charge in [0.2, 0.25) is 11.8 Å². The van der Waals surface area contributed by atoms with E-state index in [9.17, 15) is 19.7 Å². The highest BCUT2D eigenvalue weighted by molar-refractivity contribution is 6.43. The van der Waals surface area contributed by atoms with E-state index in [4.69, 9.17) is 9.39 Å². The fraction of sp³-hybridized carbons (Fsp3) is 0.344. The number of ether oxygens (including phenoxy) is 1. The Balaban J connectivity index is 1.37. The fourth-order valence-electron chi connectivity index (χ4n) is 6.96. The van der Waals surface area contributed by atoms with Crippen LogP contribution in [0.15, 0.2) is 71.9 Å². The van der Waals surface area contributed by atoms with Gasteiger partial charge in [-0.05, 0) is 83.4 Å². The molecule has 2 aromatic carbocycles. The van der Waals surface area contributed by atoms with Crippen LogP contribution in [0.25, 0.3) is 22.4 Å². The lowest BCUT2D eigenvalue weighted by atomic mass is 9.58. The number of pyridine rings is 1. The van der Waals surface area contributed by atoms with Gasteiger partial charge in [0, 0.05) is 25.7 Å². The zero-order chi connectivity index (χ0) is 28.7. The minimum absolute atomic E-state index is 0.160. The van der Waals surface area contributed by atoms with Crippen LogP contribution < -0.4 is 0 Å². The molecule has 3 aliphatic rings. The third-order valence-electron chi connectivity index (χ3n) is 8.78. The molecule has 3 aromatic rings. The van der Waals surface area contributed by atoms with Crippen LogP contribution in [0.3, 0.4) is 0 Å². The van der Waals surface area contributed by atoms with Gasteiger partial charge in [-0.15, -0.1) is 0 Å². The van der Waals surface area contributed by atoms with Gasteiger partial charge < -0.3 is 19.5 Å². The van der Waals surface area contributed by atoms with E-state index in [2.05, 4.69) is 11.1 Å². The number of rotatable bonds is 7. The van der Waals surface area contributed by atoms with Crippen LogP contribution in [0.5, 0.6) is 5.75 Å². The summed E-state index contributed by atoms with van der Waals surface area (Å²) in [5.41, 5.74) is 4.74. The average Bonchev–Trinajstić information content (AvgIpc) is 3.20. The van der Waals surface area contributed by atoms with Gasteiger partial charge in [-0.25, -0.2) is 0 Å². The van der Waals surface area contributed by atoms with Gasteiger partial charge in [-0.1, -0.05) is 36.4 Å². The maximum absolute atomic E-state index is 13.2. The molecule has 8 nitrogen and oxygen atoms in total. The molecule has 41 heavy (non-hydrogen) atoms. The number of phenols is 1. The first kappa shape index (κ1) is 27.4. The molecule has 2 N–H and O–H groups in total. The Kier molecular flexibility index (Phi) is 7.51. The third kappa shape index (κ3) is 4.99. The van der Waals surface area contributed by atoms with E-state index in [0.29, 0.717) is 25.9 Å². The van der Waals surface area contributed by atoms with E-state index < -0.39 is 25.1 Å². The van der Waals surface area contributed by atoms with Crippen LogP contribution >= 0.6 is 0 Å². The molecule has 3 heterocycles. The molecule has 2 aliphatic heterocycles. The molecule has 0 unspecified atom stereocenters. The molecule has 4 atom stereocenters. The number of phenolic OH excluding ortho intramolecular Hbond substituents is 1. The maximum Gasteiger partial charge on any atom is 0.455 e. The van der Waals surface area contributed by atoms with Crippen molar-refractivity contribution < 1.29 is 29.1 Å². The van der Waals surface area contributed by atoms with E-state index in [0.717, 1.165) is 38.7 Å². The summed E-state index contributed by atoms with van der Waals surface area (Å²) in [6, 6.07) is 17.1. The number of amides is 2. The molecule has 0 radical (unpaired) electrons. The number of carbonyl (C=O) groups is 2. The summed E-state index contributed by atoms with van der Waals surface area (Å²) in [6.45, 7) is 0.346. The number of hydrogen-bond acceptors (Lipinski definition) is 7. The van der Waals surface area contributed by atoms with E-state index in [1.807, 2.05) is 48.5 Å². The minimum atomic E-state index is -1.03. The number of likely N-dealkylation sites (tertiary alicyclic amines) is 1. The number of fused-ring (bicyclic) bond motifs is 4. The van der Waals surface area contributed by atoms with Crippen molar-refractivity contribution >= 4 is 41.4 Å². The fourth-order valence-corrected chi connectivity index (χ4v) is 6.96. The van der Waals surface area contributed by atoms with Crippen LogP contribution in [0.2, 0.25) is 6.32 Å². The molecule has 2 amide bonds. The van der Waals surface area contributed by atoms with Crippen molar-refractivity contribution in [2.75, 3.05) is 20.8 Å². The number of imide groups is 1. The Morgan fingerprint density at radius 1 is 1.10 bits per heavy atom. The molecular weight excluding hydrogens is 519 g/mol. The quantitative estimate of drug-likeness (QED) is 0.255. The van der Waals surface area contributed by atoms with Crippen LogP contribution in [-0.4, -0.2) is 65.8 Å². The number of methoxy groups -OCH3 is 1. The van der Waals surface area contributed by atoms with Crippen molar-refractivity contribution in [2.24, 2.45) is 17.8 Å². The number of hydrogen-bond donors (Lipinski definition) is 2. The lowest BCUT2D eigenvalue weighted by Crippen LogP contribution is -2.46. The highest BCUT2D eigenvalue weighted by Gasteiger charge is 2.56. The summed E-state index contributed by atoms with van der Waals surface area (Å²) >= 11 is 0. The van der Waals surface area contributed by atoms with E-state index in [1.54, 1.807) is 26.4 Å². The van der Waals surface area contributed by atoms with E-state index >= 15 is 0 Å². The molecule has 210 valence electrons. The van der Waals surface area contributed by atoms with Crippen molar-refractivity contribution in [1.82, 2.24) is 9.88 Å². The largest absolute Gasteiger partial charge is 0.507 e. The number of aromatic nitrogens is 1. The Hall–Kier alpha value is -3.79. The second-order valence-corrected chi connectivity index (χ2v) is 11.1. The standard InChI is InChI=1S/C32H33BN2O6/c1-35-31(37)24-16-21(18-40-2)29-25(30(24)32(35)38)17-33(39)41-28(29)13-11-20(26-9-5-6-14-34-26)15-19-10-12-27(36)23-8-4-3-7-22(19)23/h3-10,12,14-15,24-25,28,30,36,39H,11,13,16-18H2,1-2H3/b20-15-/t24-,25+,28-,30-/m1/s1. The Morgan fingerprint density at radius 2 is 1.88 bits per heavy atom. The highest BCUT2D eigenvalue weighted by atomic mass is 16.5. The van der Waals surface area contributed by atoms with Crippen molar-refractivity contribution in [3.63, 3.8) is 0 Å². The monoisotopic (exact) mass is 552 g/mol. The van der Waals surface area contributed by atoms with Crippen molar-refractivity contribution in [2.45, 2.75) is 31.7 Å². The predicted octanol–water partition coefficient (Wildman–Crippen LogP) is 4.33. The second-order valence-electron chi connectivity index (χ2n) is 11.1. The lowest BCUT2D eigenvalue weighted by Gasteiger charge is -2.43. The molecule has 0 saturated carbocycles. The van der Waals surface area contributed by atoms with E-state index in [1.165, 1.54) is 4.90 Å². The van der Waals surface area contributed by atoms with Gasteiger partial charge in [0.05, 0.1) is 30.2 Å². The van der Waals surface area contributed by atoms with Gasteiger partial charge in [-0.3, -0.25) is 19.5 Å². The van der Waals surface area contributed by atoms with Crippen LogP contribution in [0.1, 0.15) is 30.5 Å². The van der Waals surface area contributed by atoms with Gasteiger partial charge >= 0.3 is 7.12 Å². The first-order chi connectivity index (χ1) is 19.9. The molecule has 0 bridgehead atoms. The first-order valence-corrected chi connectivity index (χ1v) is 14.1. The van der Waals surface area contributed by atoms with Crippen LogP contribution in [0, 0.1) is 17.8 Å². The molecular formula is C32H33BN2O6. The number of benzene rings is 2. The normalized spacial score (nSPS) is 24.7. The first-order valence-electron chi connectivity index (χ1n) is 14.1. The van der Waals surface area contributed by atoms with Gasteiger partial charge in [0.1, 0.15) is 5.75 Å². The van der Waals surface area contributed by atoms with Gasteiger partial charge in [0.15, 0.2) is 0 Å². The minimum Gasteiger partial charge on any atom is -0.507 e. The van der Waals surface area contributed by atoms with Crippen LogP contribution in [0.4, 0.5) is 0 Å². The average molecular weight is 552 g/mol. The molecule has 9 heteroatoms. The number of aromatic hydroxyl groups is 1. The summed E-state index contributed by atoms with van der Waals surface area (Å²) in [6.07, 6.45) is 5.27. The van der Waals surface area contributed by atoms with Gasteiger partial charge in [0.25, 0.3) is 0 Å². The van der Waals surface area contributed by atoms with Gasteiger partial charge in [-0.2, -0.15) is 0 Å². The summed E-state index contributed by atoms with van der Waals surface area (Å²) in [7, 11) is 2.14. The summed E-state index contributed by atoms with van der Waals surface area (Å²) < 4.78 is 11.7. The van der Waals surface area contributed by atoms with E-state index in [-0.39, 0.29) is 29.8 Å². The topological polar surface area (TPSA) is 109 Å². The Morgan fingerprint density at radius 3 is 2.63 bits per heavy atom. The smallest absolute Gasteiger partial charge is 0.455 e. The zero-order valence-corrected chi connectivity index (χ0v) is 23.2. The van der Waals surface area contributed by atoms with Crippen LogP contribution in [-0.2, 0) is 19.0 Å².